The molecular weight excluding hydrogens is 417 g/mol. The molecule has 0 saturated heterocycles. The van der Waals surface area contributed by atoms with Crippen molar-refractivity contribution in [3.8, 4) is 0 Å². The molecule has 0 fully saturated rings. The molecule has 0 N–H and O–H groups in total. The predicted molar refractivity (Wildman–Crippen MR) is 74.6 cm³/mol. The van der Waals surface area contributed by atoms with Crippen molar-refractivity contribution in [2.45, 2.75) is 12.1 Å². The number of halogens is 7. The normalized spacial score (nSPS) is 12.5. The average molecular weight is 421 g/mol. The number of hydrogen-bond donors (Lipinski definition) is 0. The molecule has 0 aliphatic heterocycles. The maximum Gasteiger partial charge on any atom is 0.459 e. The second-order valence-electron chi connectivity index (χ2n) is 4.06. The van der Waals surface area contributed by atoms with E-state index in [-0.39, 0.29) is 16.9 Å². The quantitative estimate of drug-likeness (QED) is 0.489. The van der Waals surface area contributed by atoms with E-state index >= 15 is 0 Å². The Morgan fingerprint density at radius 2 is 1.86 bits per heavy atom. The summed E-state index contributed by atoms with van der Waals surface area (Å²) in [7, 11) is 0. The second-order valence-corrected chi connectivity index (χ2v) is 6.55. The van der Waals surface area contributed by atoms with Gasteiger partial charge in [-0.2, -0.15) is 22.0 Å². The van der Waals surface area contributed by atoms with Gasteiger partial charge in [0, 0.05) is 10.0 Å². The number of benzene rings is 1. The van der Waals surface area contributed by atoms with E-state index in [1.54, 1.807) is 6.07 Å². The van der Waals surface area contributed by atoms with Crippen molar-refractivity contribution < 1.29 is 26.7 Å². The van der Waals surface area contributed by atoms with Crippen LogP contribution in [0.3, 0.4) is 0 Å². The number of nitrogens with zero attached hydrogens (tertiary/aromatic N) is 1. The molecule has 1 aromatic carbocycles. The van der Waals surface area contributed by atoms with Gasteiger partial charge in [-0.05, 0) is 12.1 Å². The third-order valence-electron chi connectivity index (χ3n) is 2.55. The van der Waals surface area contributed by atoms with Gasteiger partial charge in [0.25, 0.3) is 0 Å². The van der Waals surface area contributed by atoms with Crippen molar-refractivity contribution in [3.05, 3.63) is 49.3 Å². The molecule has 10 heteroatoms. The molecule has 22 heavy (non-hydrogen) atoms. The lowest BCUT2D eigenvalue weighted by molar-refractivity contribution is -0.290. The van der Waals surface area contributed by atoms with Crippen molar-refractivity contribution in [1.82, 2.24) is 4.98 Å². The van der Waals surface area contributed by atoms with Crippen LogP contribution in [0.25, 0.3) is 0 Å². The van der Waals surface area contributed by atoms with E-state index in [1.165, 1.54) is 18.2 Å². The lowest BCUT2D eigenvalue weighted by atomic mass is 10.1. The number of thiazole rings is 1. The van der Waals surface area contributed by atoms with Crippen LogP contribution in [0.1, 0.15) is 20.9 Å². The van der Waals surface area contributed by atoms with Crippen molar-refractivity contribution >= 4 is 44.7 Å². The van der Waals surface area contributed by atoms with Gasteiger partial charge in [0.1, 0.15) is 10.6 Å². The highest BCUT2D eigenvalue weighted by Crippen LogP contribution is 2.46. The minimum Gasteiger partial charge on any atom is -0.288 e. The molecule has 2 aromatic rings. The second kappa shape index (κ2) is 5.86. The molecule has 118 valence electrons. The first-order valence-corrected chi connectivity index (χ1v) is 7.44. The molecular formula is C12H4BrClF5NOS. The Hall–Kier alpha value is -1.06. The number of alkyl halides is 5. The van der Waals surface area contributed by atoms with Gasteiger partial charge < -0.3 is 0 Å². The molecule has 2 rings (SSSR count). The molecule has 0 unspecified atom stereocenters. The molecule has 0 aliphatic carbocycles. The van der Waals surface area contributed by atoms with Crippen LogP contribution in [-0.4, -0.2) is 16.9 Å². The van der Waals surface area contributed by atoms with Crippen LogP contribution in [0, 0.1) is 0 Å². The first kappa shape index (κ1) is 17.3. The van der Waals surface area contributed by atoms with Crippen LogP contribution in [0.4, 0.5) is 22.0 Å². The van der Waals surface area contributed by atoms with E-state index < -0.39 is 32.9 Å². The number of carbonyl (C=O) groups is 1. The van der Waals surface area contributed by atoms with Crippen molar-refractivity contribution in [3.63, 3.8) is 0 Å². The summed E-state index contributed by atoms with van der Waals surface area (Å²) in [4.78, 5) is 14.4. The lowest BCUT2D eigenvalue weighted by Gasteiger charge is -2.18. The zero-order valence-corrected chi connectivity index (χ0v) is 13.4. The van der Waals surface area contributed by atoms with E-state index in [2.05, 4.69) is 20.9 Å². The topological polar surface area (TPSA) is 30.0 Å². The highest BCUT2D eigenvalue weighted by Gasteiger charge is 2.61. The third kappa shape index (κ3) is 3.16. The predicted octanol–water partition coefficient (Wildman–Crippen LogP) is 5.44. The smallest absolute Gasteiger partial charge is 0.288 e. The maximum absolute atomic E-state index is 13.5. The monoisotopic (exact) mass is 419 g/mol. The van der Waals surface area contributed by atoms with Gasteiger partial charge in [-0.15, -0.1) is 0 Å². The highest BCUT2D eigenvalue weighted by atomic mass is 79.9. The van der Waals surface area contributed by atoms with Crippen LogP contribution in [-0.2, 0) is 5.92 Å². The minimum absolute atomic E-state index is 0.0612. The molecule has 0 aliphatic rings. The SMILES string of the molecule is O=C(c1cccc(Br)c1)c1sc(Cl)nc1C(F)(F)C(F)(F)F. The van der Waals surface area contributed by atoms with E-state index in [0.29, 0.717) is 4.47 Å². The molecule has 2 nitrogen and oxygen atoms in total. The van der Waals surface area contributed by atoms with Crippen LogP contribution in [0.2, 0.25) is 4.47 Å². The molecule has 0 saturated carbocycles. The molecule has 0 amide bonds. The molecule has 0 bridgehead atoms. The molecule has 0 atom stereocenters. The lowest BCUT2D eigenvalue weighted by Crippen LogP contribution is -2.35. The largest absolute Gasteiger partial charge is 0.459 e. The van der Waals surface area contributed by atoms with E-state index in [9.17, 15) is 26.7 Å². The number of carbonyl (C=O) groups excluding carboxylic acids is 1. The van der Waals surface area contributed by atoms with E-state index in [4.69, 9.17) is 11.6 Å². The van der Waals surface area contributed by atoms with Gasteiger partial charge in [-0.25, -0.2) is 4.98 Å². The summed E-state index contributed by atoms with van der Waals surface area (Å²) < 4.78 is 64.4. The van der Waals surface area contributed by atoms with Crippen LogP contribution in [0.15, 0.2) is 28.7 Å². The Bertz CT molecular complexity index is 731. The third-order valence-corrected chi connectivity index (χ3v) is 4.20. The fraction of sp³-hybridized carbons (Fsp3) is 0.167. The summed E-state index contributed by atoms with van der Waals surface area (Å²) in [6.45, 7) is 0. The number of rotatable bonds is 3. The van der Waals surface area contributed by atoms with Crippen molar-refractivity contribution in [1.29, 1.82) is 0 Å². The van der Waals surface area contributed by atoms with E-state index in [0.717, 1.165) is 0 Å². The van der Waals surface area contributed by atoms with E-state index in [1.807, 2.05) is 0 Å². The average Bonchev–Trinajstić information content (AvgIpc) is 2.79. The van der Waals surface area contributed by atoms with Crippen LogP contribution < -0.4 is 0 Å². The first-order valence-electron chi connectivity index (χ1n) is 5.45. The summed E-state index contributed by atoms with van der Waals surface area (Å²) in [6.07, 6.45) is -5.88. The van der Waals surface area contributed by atoms with Gasteiger partial charge >= 0.3 is 12.1 Å². The maximum atomic E-state index is 13.5. The van der Waals surface area contributed by atoms with Gasteiger partial charge in [-0.3, -0.25) is 4.79 Å². The fourth-order valence-electron chi connectivity index (χ4n) is 1.56. The van der Waals surface area contributed by atoms with Crippen LogP contribution in [0.5, 0.6) is 0 Å². The van der Waals surface area contributed by atoms with Gasteiger partial charge in [0.15, 0.2) is 4.47 Å². The number of ketones is 1. The summed E-state index contributed by atoms with van der Waals surface area (Å²) >= 11 is 8.78. The summed E-state index contributed by atoms with van der Waals surface area (Å²) in [5.74, 6) is -6.28. The molecule has 0 spiro atoms. The Morgan fingerprint density at radius 1 is 1.23 bits per heavy atom. The summed E-state index contributed by atoms with van der Waals surface area (Å²) in [5.41, 5.74) is -1.74. The fourth-order valence-corrected chi connectivity index (χ4v) is 3.06. The van der Waals surface area contributed by atoms with Crippen LogP contribution >= 0.6 is 38.9 Å². The van der Waals surface area contributed by atoms with Crippen molar-refractivity contribution in [2.75, 3.05) is 0 Å². The van der Waals surface area contributed by atoms with Gasteiger partial charge in [0.2, 0.25) is 5.78 Å². The molecule has 1 heterocycles. The van der Waals surface area contributed by atoms with Crippen molar-refractivity contribution in [2.24, 2.45) is 0 Å². The Kier molecular flexibility index (Phi) is 4.61. The zero-order valence-electron chi connectivity index (χ0n) is 10.2. The highest BCUT2D eigenvalue weighted by molar-refractivity contribution is 9.10. The van der Waals surface area contributed by atoms with Gasteiger partial charge in [0.05, 0.1) is 0 Å². The zero-order chi connectivity index (χ0) is 16.7. The first-order chi connectivity index (χ1) is 10.0. The molecule has 1 aromatic heterocycles. The number of aromatic nitrogens is 1. The standard InChI is InChI=1S/C12H4BrClF5NOS/c13-6-3-1-2-5(4-6)7(21)8-9(20-10(14)22-8)11(15,16)12(17,18)19/h1-4H. The summed E-state index contributed by atoms with van der Waals surface area (Å²) in [6, 6.07) is 5.60. The Morgan fingerprint density at radius 3 is 2.41 bits per heavy atom. The number of hydrogen-bond acceptors (Lipinski definition) is 3. The Balaban J connectivity index is 2.56. The Labute approximate surface area is 138 Å². The molecule has 0 radical (unpaired) electrons. The minimum atomic E-state index is -5.88. The summed E-state index contributed by atoms with van der Waals surface area (Å²) in [5, 5.41) is 0. The van der Waals surface area contributed by atoms with Gasteiger partial charge in [-0.1, -0.05) is 51.0 Å².